The number of benzene rings is 2. The maximum Gasteiger partial charge on any atom is 0.258 e. The van der Waals surface area contributed by atoms with Gasteiger partial charge in [0.05, 0.1) is 12.2 Å². The highest BCUT2D eigenvalue weighted by Gasteiger charge is 2.21. The van der Waals surface area contributed by atoms with Crippen LogP contribution in [0.3, 0.4) is 0 Å². The molecule has 2 amide bonds. The minimum absolute atomic E-state index is 0.239. The van der Waals surface area contributed by atoms with Crippen LogP contribution in [0.4, 0.5) is 10.7 Å². The summed E-state index contributed by atoms with van der Waals surface area (Å²) in [6, 6.07) is 16.1. The summed E-state index contributed by atoms with van der Waals surface area (Å²) in [5.41, 5.74) is 2.55. The molecule has 1 heterocycles. The van der Waals surface area contributed by atoms with Crippen LogP contribution in [0.15, 0.2) is 54.6 Å². The molecule has 5 nitrogen and oxygen atoms in total. The van der Waals surface area contributed by atoms with E-state index in [1.165, 1.54) is 11.3 Å². The van der Waals surface area contributed by atoms with Crippen LogP contribution < -0.4 is 15.4 Å². The van der Waals surface area contributed by atoms with Crippen LogP contribution in [0.1, 0.15) is 38.1 Å². The second-order valence-electron chi connectivity index (χ2n) is 6.22. The zero-order valence-corrected chi connectivity index (χ0v) is 16.9. The van der Waals surface area contributed by atoms with E-state index in [4.69, 9.17) is 4.74 Å². The molecule has 28 heavy (non-hydrogen) atoms. The van der Waals surface area contributed by atoms with Gasteiger partial charge in [-0.3, -0.25) is 9.59 Å². The van der Waals surface area contributed by atoms with Crippen molar-refractivity contribution in [3.63, 3.8) is 0 Å². The number of anilines is 2. The Morgan fingerprint density at radius 3 is 2.25 bits per heavy atom. The van der Waals surface area contributed by atoms with Gasteiger partial charge in [-0.15, -0.1) is 11.3 Å². The van der Waals surface area contributed by atoms with E-state index < -0.39 is 0 Å². The van der Waals surface area contributed by atoms with Crippen molar-refractivity contribution in [2.45, 2.75) is 20.8 Å². The molecule has 0 aliphatic heterocycles. The van der Waals surface area contributed by atoms with Crippen LogP contribution in [0, 0.1) is 13.8 Å². The van der Waals surface area contributed by atoms with Crippen LogP contribution in [0.25, 0.3) is 0 Å². The van der Waals surface area contributed by atoms with Crippen LogP contribution >= 0.6 is 11.3 Å². The largest absolute Gasteiger partial charge is 0.494 e. The fourth-order valence-electron chi connectivity index (χ4n) is 2.75. The molecule has 2 N–H and O–H groups in total. The predicted molar refractivity (Wildman–Crippen MR) is 114 cm³/mol. The molecule has 0 saturated heterocycles. The topological polar surface area (TPSA) is 67.4 Å². The Morgan fingerprint density at radius 2 is 1.61 bits per heavy atom. The van der Waals surface area contributed by atoms with Gasteiger partial charge in [0.25, 0.3) is 11.8 Å². The van der Waals surface area contributed by atoms with Gasteiger partial charge in [0, 0.05) is 16.1 Å². The van der Waals surface area contributed by atoms with Gasteiger partial charge in [0.2, 0.25) is 0 Å². The maximum atomic E-state index is 12.9. The minimum Gasteiger partial charge on any atom is -0.494 e. The maximum absolute atomic E-state index is 12.9. The van der Waals surface area contributed by atoms with Crippen LogP contribution in [-0.4, -0.2) is 18.4 Å². The summed E-state index contributed by atoms with van der Waals surface area (Å²) in [7, 11) is 0. The van der Waals surface area contributed by atoms with Gasteiger partial charge in [-0.2, -0.15) is 0 Å². The molecular weight excluding hydrogens is 372 g/mol. The van der Waals surface area contributed by atoms with E-state index in [0.29, 0.717) is 28.4 Å². The third kappa shape index (κ3) is 4.40. The van der Waals surface area contributed by atoms with Gasteiger partial charge in [0.15, 0.2) is 0 Å². The number of nitrogens with one attached hydrogen (secondary N) is 2. The Kier molecular flexibility index (Phi) is 6.11. The highest BCUT2D eigenvalue weighted by atomic mass is 32.1. The lowest BCUT2D eigenvalue weighted by Gasteiger charge is -2.10. The second-order valence-corrected chi connectivity index (χ2v) is 7.44. The first-order valence-corrected chi connectivity index (χ1v) is 9.81. The molecule has 0 saturated carbocycles. The van der Waals surface area contributed by atoms with E-state index in [9.17, 15) is 9.59 Å². The molecule has 6 heteroatoms. The number of carbonyl (C=O) groups is 2. The zero-order valence-electron chi connectivity index (χ0n) is 16.0. The Morgan fingerprint density at radius 1 is 0.929 bits per heavy atom. The Hall–Kier alpha value is -3.12. The molecule has 0 aliphatic carbocycles. The van der Waals surface area contributed by atoms with Gasteiger partial charge in [-0.05, 0) is 62.7 Å². The Bertz CT molecular complexity index is 979. The molecule has 0 spiro atoms. The first-order valence-electron chi connectivity index (χ1n) is 9.00. The number of hydrogen-bond acceptors (Lipinski definition) is 4. The number of thiophene rings is 1. The van der Waals surface area contributed by atoms with Crippen molar-refractivity contribution in [3.05, 3.63) is 76.2 Å². The summed E-state index contributed by atoms with van der Waals surface area (Å²) >= 11 is 1.40. The van der Waals surface area contributed by atoms with Crippen LogP contribution in [0.5, 0.6) is 5.75 Å². The molecule has 0 atom stereocenters. The summed E-state index contributed by atoms with van der Waals surface area (Å²) < 4.78 is 5.42. The van der Waals surface area contributed by atoms with E-state index in [0.717, 1.165) is 16.2 Å². The first-order chi connectivity index (χ1) is 13.5. The second kappa shape index (κ2) is 8.71. The highest BCUT2D eigenvalue weighted by molar-refractivity contribution is 7.16. The van der Waals surface area contributed by atoms with Crippen molar-refractivity contribution < 1.29 is 14.3 Å². The molecule has 3 aromatic rings. The van der Waals surface area contributed by atoms with Crippen LogP contribution in [-0.2, 0) is 0 Å². The fraction of sp³-hybridized carbons (Fsp3) is 0.182. The summed E-state index contributed by atoms with van der Waals surface area (Å²) in [5.74, 6) is 0.255. The lowest BCUT2D eigenvalue weighted by atomic mass is 10.1. The van der Waals surface area contributed by atoms with E-state index in [-0.39, 0.29) is 11.8 Å². The zero-order chi connectivity index (χ0) is 20.1. The third-order valence-electron chi connectivity index (χ3n) is 4.30. The summed E-state index contributed by atoms with van der Waals surface area (Å²) in [5, 5.41) is 6.32. The number of aryl methyl sites for hydroxylation is 1. The molecule has 0 aliphatic rings. The minimum atomic E-state index is -0.255. The highest BCUT2D eigenvalue weighted by Crippen LogP contribution is 2.33. The van der Waals surface area contributed by atoms with Crippen molar-refractivity contribution in [1.82, 2.24) is 0 Å². The summed E-state index contributed by atoms with van der Waals surface area (Å²) in [6.45, 7) is 6.33. The van der Waals surface area contributed by atoms with Gasteiger partial charge in [-0.1, -0.05) is 18.2 Å². The van der Waals surface area contributed by atoms with Crippen molar-refractivity contribution in [2.24, 2.45) is 0 Å². The lowest BCUT2D eigenvalue weighted by Crippen LogP contribution is -2.17. The smallest absolute Gasteiger partial charge is 0.258 e. The fourth-order valence-corrected chi connectivity index (χ4v) is 3.80. The molecule has 0 unspecified atom stereocenters. The van der Waals surface area contributed by atoms with Crippen molar-refractivity contribution in [1.29, 1.82) is 0 Å². The quantitative estimate of drug-likeness (QED) is 0.599. The summed E-state index contributed by atoms with van der Waals surface area (Å²) in [4.78, 5) is 26.4. The van der Waals surface area contributed by atoms with Crippen molar-refractivity contribution in [2.75, 3.05) is 17.2 Å². The molecule has 3 rings (SSSR count). The van der Waals surface area contributed by atoms with Gasteiger partial charge in [0.1, 0.15) is 10.8 Å². The van der Waals surface area contributed by atoms with Gasteiger partial charge < -0.3 is 15.4 Å². The van der Waals surface area contributed by atoms with Crippen molar-refractivity contribution in [3.8, 4) is 5.75 Å². The monoisotopic (exact) mass is 394 g/mol. The normalized spacial score (nSPS) is 10.4. The van der Waals surface area contributed by atoms with E-state index >= 15 is 0 Å². The number of amides is 2. The number of ether oxygens (including phenoxy) is 1. The molecule has 2 aromatic carbocycles. The standard InChI is InChI=1S/C22H22N2O3S/c1-4-27-18-12-10-17(11-13-18)23-21(26)19-14(2)15(3)28-22(19)24-20(25)16-8-6-5-7-9-16/h5-13H,4H2,1-3H3,(H,23,26)(H,24,25). The SMILES string of the molecule is CCOc1ccc(NC(=O)c2c(NC(=O)c3ccccc3)sc(C)c2C)cc1. The molecule has 0 radical (unpaired) electrons. The number of hydrogen-bond donors (Lipinski definition) is 2. The van der Waals surface area contributed by atoms with E-state index in [2.05, 4.69) is 10.6 Å². The molecule has 0 fully saturated rings. The van der Waals surface area contributed by atoms with Gasteiger partial charge >= 0.3 is 0 Å². The molecule has 1 aromatic heterocycles. The molecule has 0 bridgehead atoms. The van der Waals surface area contributed by atoms with Crippen LogP contribution in [0.2, 0.25) is 0 Å². The molecule has 144 valence electrons. The first kappa shape index (κ1) is 19.6. The summed E-state index contributed by atoms with van der Waals surface area (Å²) in [6.07, 6.45) is 0. The Balaban J connectivity index is 1.81. The lowest BCUT2D eigenvalue weighted by molar-refractivity contribution is 0.102. The van der Waals surface area contributed by atoms with Gasteiger partial charge in [-0.25, -0.2) is 0 Å². The predicted octanol–water partition coefficient (Wildman–Crippen LogP) is 5.27. The average molecular weight is 394 g/mol. The van der Waals surface area contributed by atoms with Crippen molar-refractivity contribution >= 4 is 33.8 Å². The molecular formula is C22H22N2O3S. The van der Waals surface area contributed by atoms with E-state index in [1.54, 1.807) is 36.4 Å². The average Bonchev–Trinajstić information content (AvgIpc) is 2.97. The number of rotatable bonds is 6. The number of carbonyl (C=O) groups excluding carboxylic acids is 2. The van der Waals surface area contributed by atoms with E-state index in [1.807, 2.05) is 39.0 Å². The Labute approximate surface area is 168 Å². The third-order valence-corrected chi connectivity index (χ3v) is 5.42.